The smallest absolute Gasteiger partial charge is 0.206 e. The van der Waals surface area contributed by atoms with Crippen LogP contribution < -0.4 is 16.6 Å². The van der Waals surface area contributed by atoms with E-state index >= 15 is 0 Å². The predicted octanol–water partition coefficient (Wildman–Crippen LogP) is -0.286. The van der Waals surface area contributed by atoms with Crippen molar-refractivity contribution in [3.8, 4) is 0 Å². The Kier molecular flexibility index (Phi) is 4.49. The molecule has 0 amide bonds. The molecule has 6 nitrogen and oxygen atoms in total. The highest BCUT2D eigenvalue weighted by atomic mass is 15.3. The summed E-state index contributed by atoms with van der Waals surface area (Å²) in [7, 11) is 0. The summed E-state index contributed by atoms with van der Waals surface area (Å²) < 4.78 is 0. The number of nitrogens with zero attached hydrogens (tertiary/aromatic N) is 3. The number of hydrogen-bond donors (Lipinski definition) is 3. The summed E-state index contributed by atoms with van der Waals surface area (Å²) in [5.41, 5.74) is 4.18. The van der Waals surface area contributed by atoms with Crippen molar-refractivity contribution in [2.24, 2.45) is 10.8 Å². The zero-order valence-electron chi connectivity index (χ0n) is 8.99. The van der Waals surface area contributed by atoms with Gasteiger partial charge in [0.1, 0.15) is 0 Å². The molecule has 0 aliphatic carbocycles. The lowest BCUT2D eigenvalue weighted by Gasteiger charge is -2.05. The van der Waals surface area contributed by atoms with Crippen molar-refractivity contribution in [2.45, 2.75) is 20.4 Å². The van der Waals surface area contributed by atoms with Crippen LogP contribution >= 0.6 is 0 Å². The van der Waals surface area contributed by atoms with Crippen LogP contribution in [0.1, 0.15) is 18.3 Å². The Balaban J connectivity index is 2.57. The molecule has 1 rings (SSSR count). The molecule has 0 unspecified atom stereocenters. The SMILES string of the molecule is CCNC(=NCc1cnc(C)cn1)NN. The van der Waals surface area contributed by atoms with Crippen molar-refractivity contribution >= 4 is 5.96 Å². The van der Waals surface area contributed by atoms with Crippen LogP contribution in [0.3, 0.4) is 0 Å². The third-order valence-electron chi connectivity index (χ3n) is 1.71. The Labute approximate surface area is 89.0 Å². The van der Waals surface area contributed by atoms with E-state index in [-0.39, 0.29) is 0 Å². The number of nitrogens with two attached hydrogens (primary N) is 1. The molecule has 82 valence electrons. The molecule has 0 bridgehead atoms. The van der Waals surface area contributed by atoms with Crippen LogP contribution in [0.4, 0.5) is 0 Å². The van der Waals surface area contributed by atoms with E-state index in [1.165, 1.54) is 0 Å². The van der Waals surface area contributed by atoms with Crippen molar-refractivity contribution in [3.05, 3.63) is 23.8 Å². The number of guanidine groups is 1. The zero-order valence-corrected chi connectivity index (χ0v) is 8.99. The predicted molar refractivity (Wildman–Crippen MR) is 58.9 cm³/mol. The molecule has 1 heterocycles. The van der Waals surface area contributed by atoms with Gasteiger partial charge in [0.05, 0.1) is 24.1 Å². The summed E-state index contributed by atoms with van der Waals surface area (Å²) in [5, 5.41) is 2.98. The largest absolute Gasteiger partial charge is 0.356 e. The molecule has 15 heavy (non-hydrogen) atoms. The molecule has 0 aromatic carbocycles. The van der Waals surface area contributed by atoms with Crippen molar-refractivity contribution in [2.75, 3.05) is 6.54 Å². The van der Waals surface area contributed by atoms with E-state index < -0.39 is 0 Å². The summed E-state index contributed by atoms with van der Waals surface area (Å²) in [4.78, 5) is 12.5. The number of nitrogens with one attached hydrogen (secondary N) is 2. The molecular formula is C9H16N6. The first kappa shape index (κ1) is 11.4. The van der Waals surface area contributed by atoms with Gasteiger partial charge in [-0.25, -0.2) is 10.8 Å². The second kappa shape index (κ2) is 5.92. The third kappa shape index (κ3) is 3.90. The van der Waals surface area contributed by atoms with Gasteiger partial charge in [-0.15, -0.1) is 0 Å². The van der Waals surface area contributed by atoms with E-state index in [0.717, 1.165) is 17.9 Å². The quantitative estimate of drug-likeness (QED) is 0.275. The molecule has 0 radical (unpaired) electrons. The topological polar surface area (TPSA) is 88.2 Å². The van der Waals surface area contributed by atoms with Crippen LogP contribution in [0.25, 0.3) is 0 Å². The molecule has 6 heteroatoms. The van der Waals surface area contributed by atoms with E-state index in [9.17, 15) is 0 Å². The second-order valence-electron chi connectivity index (χ2n) is 2.99. The van der Waals surface area contributed by atoms with Gasteiger partial charge in [0.25, 0.3) is 0 Å². The molecule has 0 spiro atoms. The highest BCUT2D eigenvalue weighted by molar-refractivity contribution is 5.78. The van der Waals surface area contributed by atoms with E-state index in [2.05, 4.69) is 25.7 Å². The molecule has 1 aromatic heterocycles. The first-order chi connectivity index (χ1) is 7.26. The zero-order chi connectivity index (χ0) is 11.1. The van der Waals surface area contributed by atoms with Crippen LogP contribution in [0.2, 0.25) is 0 Å². The fourth-order valence-corrected chi connectivity index (χ4v) is 0.981. The van der Waals surface area contributed by atoms with Crippen molar-refractivity contribution in [1.82, 2.24) is 20.7 Å². The molecule has 0 aliphatic rings. The van der Waals surface area contributed by atoms with Gasteiger partial charge in [-0.05, 0) is 13.8 Å². The standard InChI is InChI=1S/C9H16N6/c1-3-11-9(15-10)14-6-8-5-12-7(2)4-13-8/h4-5H,3,6,10H2,1-2H3,(H2,11,14,15). The first-order valence-electron chi connectivity index (χ1n) is 4.78. The van der Waals surface area contributed by atoms with E-state index in [4.69, 9.17) is 5.84 Å². The molecule has 0 saturated heterocycles. The van der Waals surface area contributed by atoms with Gasteiger partial charge < -0.3 is 5.32 Å². The molecule has 0 fully saturated rings. The Morgan fingerprint density at radius 1 is 1.47 bits per heavy atom. The van der Waals surface area contributed by atoms with Crippen molar-refractivity contribution < 1.29 is 0 Å². The number of aryl methyl sites for hydroxylation is 1. The average Bonchev–Trinajstić information content (AvgIpc) is 2.26. The summed E-state index contributed by atoms with van der Waals surface area (Å²) in [6.45, 7) is 5.09. The highest BCUT2D eigenvalue weighted by Crippen LogP contribution is 1.95. The van der Waals surface area contributed by atoms with Gasteiger partial charge in [0.2, 0.25) is 5.96 Å². The summed E-state index contributed by atoms with van der Waals surface area (Å²) in [5.74, 6) is 5.82. The molecule has 1 aromatic rings. The first-order valence-corrected chi connectivity index (χ1v) is 4.78. The van der Waals surface area contributed by atoms with Gasteiger partial charge in [-0.2, -0.15) is 0 Å². The van der Waals surface area contributed by atoms with Crippen LogP contribution in [0, 0.1) is 6.92 Å². The maximum absolute atomic E-state index is 5.27. The van der Waals surface area contributed by atoms with Gasteiger partial charge in [0.15, 0.2) is 0 Å². The van der Waals surface area contributed by atoms with Gasteiger partial charge in [-0.3, -0.25) is 15.4 Å². The minimum Gasteiger partial charge on any atom is -0.356 e. The fraction of sp³-hybridized carbons (Fsp3) is 0.444. The summed E-state index contributed by atoms with van der Waals surface area (Å²) in [6.07, 6.45) is 3.42. The molecular weight excluding hydrogens is 192 g/mol. The fourth-order valence-electron chi connectivity index (χ4n) is 0.981. The van der Waals surface area contributed by atoms with Crippen LogP contribution in [-0.2, 0) is 6.54 Å². The number of aliphatic imine (C=N–C) groups is 1. The summed E-state index contributed by atoms with van der Waals surface area (Å²) >= 11 is 0. The number of hydrogen-bond acceptors (Lipinski definition) is 4. The van der Waals surface area contributed by atoms with E-state index in [0.29, 0.717) is 12.5 Å². The second-order valence-corrected chi connectivity index (χ2v) is 2.99. The average molecular weight is 208 g/mol. The van der Waals surface area contributed by atoms with Crippen LogP contribution in [0.5, 0.6) is 0 Å². The number of rotatable bonds is 3. The summed E-state index contributed by atoms with van der Waals surface area (Å²) in [6, 6.07) is 0. The van der Waals surface area contributed by atoms with Gasteiger partial charge in [0, 0.05) is 12.7 Å². The monoisotopic (exact) mass is 208 g/mol. The third-order valence-corrected chi connectivity index (χ3v) is 1.71. The lowest BCUT2D eigenvalue weighted by molar-refractivity contribution is 0.841. The maximum Gasteiger partial charge on any atom is 0.206 e. The lowest BCUT2D eigenvalue weighted by atomic mass is 10.4. The van der Waals surface area contributed by atoms with E-state index in [1.54, 1.807) is 12.4 Å². The Morgan fingerprint density at radius 2 is 2.27 bits per heavy atom. The lowest BCUT2D eigenvalue weighted by Crippen LogP contribution is -2.41. The van der Waals surface area contributed by atoms with Crippen molar-refractivity contribution in [1.29, 1.82) is 0 Å². The Hall–Kier alpha value is -1.69. The maximum atomic E-state index is 5.27. The number of aromatic nitrogens is 2. The molecule has 0 saturated carbocycles. The molecule has 4 N–H and O–H groups in total. The number of hydrazine groups is 1. The Bertz CT molecular complexity index is 318. The van der Waals surface area contributed by atoms with Crippen LogP contribution in [0.15, 0.2) is 17.4 Å². The minimum absolute atomic E-state index is 0.458. The minimum atomic E-state index is 0.458. The van der Waals surface area contributed by atoms with Gasteiger partial charge >= 0.3 is 0 Å². The highest BCUT2D eigenvalue weighted by Gasteiger charge is 1.95. The normalized spacial score (nSPS) is 11.3. The van der Waals surface area contributed by atoms with E-state index in [1.807, 2.05) is 13.8 Å². The van der Waals surface area contributed by atoms with Gasteiger partial charge in [-0.1, -0.05) is 0 Å². The molecule has 0 atom stereocenters. The Morgan fingerprint density at radius 3 is 2.80 bits per heavy atom. The molecule has 0 aliphatic heterocycles. The van der Waals surface area contributed by atoms with Crippen LogP contribution in [-0.4, -0.2) is 22.5 Å². The van der Waals surface area contributed by atoms with Crippen molar-refractivity contribution in [3.63, 3.8) is 0 Å².